The zero-order valence-electron chi connectivity index (χ0n) is 22.6. The Morgan fingerprint density at radius 3 is 2.42 bits per heavy atom. The molecular weight excluding hydrogens is 516 g/mol. The zero-order chi connectivity index (χ0) is 28.0. The summed E-state index contributed by atoms with van der Waals surface area (Å²) in [5.41, 5.74) is 3.62. The van der Waals surface area contributed by atoms with Gasteiger partial charge in [0.25, 0.3) is 0 Å². The number of aromatic nitrogens is 1. The summed E-state index contributed by atoms with van der Waals surface area (Å²) in [6.45, 7) is 0.821. The Labute approximate surface area is 231 Å². The molecule has 10 heteroatoms. The van der Waals surface area contributed by atoms with Crippen LogP contribution in [0.3, 0.4) is 0 Å². The molecule has 2 aromatic carbocycles. The van der Waals surface area contributed by atoms with Crippen LogP contribution in [0.1, 0.15) is 40.6 Å². The Bertz CT molecular complexity index is 1440. The molecule has 2 N–H and O–H groups in total. The number of benzene rings is 2. The van der Waals surface area contributed by atoms with E-state index < -0.39 is 11.8 Å². The molecule has 40 heavy (non-hydrogen) atoms. The Morgan fingerprint density at radius 2 is 1.77 bits per heavy atom. The van der Waals surface area contributed by atoms with Gasteiger partial charge in [0.2, 0.25) is 18.4 Å². The van der Waals surface area contributed by atoms with Gasteiger partial charge in [-0.3, -0.25) is 9.59 Å². The quantitative estimate of drug-likeness (QED) is 0.412. The highest BCUT2D eigenvalue weighted by molar-refractivity contribution is 5.81. The summed E-state index contributed by atoms with van der Waals surface area (Å²) in [6.07, 6.45) is 2.90. The van der Waals surface area contributed by atoms with Gasteiger partial charge in [0, 0.05) is 50.2 Å². The third-order valence-electron chi connectivity index (χ3n) is 8.36. The van der Waals surface area contributed by atoms with E-state index in [0.29, 0.717) is 18.0 Å². The van der Waals surface area contributed by atoms with Crippen molar-refractivity contribution in [2.75, 3.05) is 34.2 Å². The molecule has 0 spiro atoms. The van der Waals surface area contributed by atoms with Crippen molar-refractivity contribution in [1.82, 2.24) is 9.88 Å². The lowest BCUT2D eigenvalue weighted by Gasteiger charge is -2.39. The van der Waals surface area contributed by atoms with Gasteiger partial charge in [-0.25, -0.2) is 0 Å². The van der Waals surface area contributed by atoms with Gasteiger partial charge in [-0.1, -0.05) is 0 Å². The molecule has 4 atom stereocenters. The SMILES string of the molecule is COc1cc([C@@H]2c3cc4c(cc3[C@@H](CC(=O)NCCc3cccn3C)C3COC(=O)[C@@H]32)OCO4)cc(OC)c1O. The first-order chi connectivity index (χ1) is 19.4. The predicted octanol–water partition coefficient (Wildman–Crippen LogP) is 3.24. The standard InChI is InChI=1S/C30H32N2O8/c1-32-8-4-5-17(32)6-7-31-26(33)13-19-18-11-22-23(40-15-39-22)12-20(18)27(28-21(19)14-38-30(28)35)16-9-24(36-2)29(34)25(10-16)37-3/h4-5,8-12,19,21,27-28,34H,6-7,13-15H2,1-3H3,(H,31,33)/t19-,21?,27-,28+/m1/s1. The number of cyclic esters (lactones) is 1. The minimum Gasteiger partial charge on any atom is -0.502 e. The summed E-state index contributed by atoms with van der Waals surface area (Å²) in [4.78, 5) is 26.5. The Kier molecular flexibility index (Phi) is 6.69. The van der Waals surface area contributed by atoms with Crippen molar-refractivity contribution < 1.29 is 38.4 Å². The molecule has 0 bridgehead atoms. The number of aromatic hydroxyl groups is 1. The van der Waals surface area contributed by atoms with Gasteiger partial charge in [-0.2, -0.15) is 0 Å². The smallest absolute Gasteiger partial charge is 0.310 e. The normalized spacial score (nSPS) is 22.3. The first-order valence-electron chi connectivity index (χ1n) is 13.3. The van der Waals surface area contributed by atoms with E-state index in [2.05, 4.69) is 5.32 Å². The zero-order valence-corrected chi connectivity index (χ0v) is 22.6. The Balaban J connectivity index is 1.38. The van der Waals surface area contributed by atoms with E-state index in [1.165, 1.54) is 14.2 Å². The molecule has 2 aliphatic heterocycles. The molecule has 1 aromatic heterocycles. The van der Waals surface area contributed by atoms with Crippen molar-refractivity contribution in [3.63, 3.8) is 0 Å². The molecule has 10 nitrogen and oxygen atoms in total. The maximum Gasteiger partial charge on any atom is 0.310 e. The summed E-state index contributed by atoms with van der Waals surface area (Å²) in [6, 6.07) is 11.3. The Hall–Kier alpha value is -4.34. The number of hydrogen-bond donors (Lipinski definition) is 2. The average Bonchev–Trinajstić information content (AvgIpc) is 3.68. The van der Waals surface area contributed by atoms with Gasteiger partial charge in [0.1, 0.15) is 0 Å². The van der Waals surface area contributed by atoms with E-state index >= 15 is 0 Å². The summed E-state index contributed by atoms with van der Waals surface area (Å²) in [5.74, 6) is -0.371. The number of carbonyl (C=O) groups is 2. The summed E-state index contributed by atoms with van der Waals surface area (Å²) in [5, 5.41) is 13.6. The van der Waals surface area contributed by atoms with Gasteiger partial charge in [-0.05, 0) is 59.0 Å². The van der Waals surface area contributed by atoms with Crippen LogP contribution in [0.5, 0.6) is 28.7 Å². The second-order valence-electron chi connectivity index (χ2n) is 10.4. The van der Waals surface area contributed by atoms with Crippen molar-refractivity contribution >= 4 is 11.9 Å². The van der Waals surface area contributed by atoms with Crippen LogP contribution in [-0.4, -0.2) is 55.7 Å². The lowest BCUT2D eigenvalue weighted by molar-refractivity contribution is -0.141. The Morgan fingerprint density at radius 1 is 1.07 bits per heavy atom. The molecule has 1 amide bonds. The van der Waals surface area contributed by atoms with Crippen LogP contribution in [0.4, 0.5) is 0 Å². The fourth-order valence-corrected chi connectivity index (χ4v) is 6.39. The number of nitrogens with one attached hydrogen (secondary N) is 1. The third kappa shape index (κ3) is 4.37. The summed E-state index contributed by atoms with van der Waals surface area (Å²) in [7, 11) is 4.90. The number of phenols is 1. The average molecular weight is 549 g/mol. The first-order valence-corrected chi connectivity index (χ1v) is 13.3. The van der Waals surface area contributed by atoms with Gasteiger partial charge in [0.05, 0.1) is 26.7 Å². The molecule has 1 unspecified atom stereocenters. The second-order valence-corrected chi connectivity index (χ2v) is 10.4. The van der Waals surface area contributed by atoms with E-state index in [0.717, 1.165) is 28.8 Å². The summed E-state index contributed by atoms with van der Waals surface area (Å²) >= 11 is 0. The predicted molar refractivity (Wildman–Crippen MR) is 143 cm³/mol. The van der Waals surface area contributed by atoms with E-state index in [1.807, 2.05) is 42.1 Å². The molecule has 3 heterocycles. The molecule has 1 saturated heterocycles. The highest BCUT2D eigenvalue weighted by Crippen LogP contribution is 2.56. The maximum absolute atomic E-state index is 13.3. The largest absolute Gasteiger partial charge is 0.502 e. The number of carbonyl (C=O) groups excluding carboxylic acids is 2. The molecule has 3 aliphatic rings. The number of methoxy groups -OCH3 is 2. The lowest BCUT2D eigenvalue weighted by atomic mass is 9.62. The lowest BCUT2D eigenvalue weighted by Crippen LogP contribution is -2.37. The number of hydrogen-bond acceptors (Lipinski definition) is 8. The van der Waals surface area contributed by atoms with Gasteiger partial charge >= 0.3 is 5.97 Å². The van der Waals surface area contributed by atoms with Crippen LogP contribution >= 0.6 is 0 Å². The fourth-order valence-electron chi connectivity index (χ4n) is 6.39. The van der Waals surface area contributed by atoms with E-state index in [-0.39, 0.29) is 60.8 Å². The number of fused-ring (bicyclic) bond motifs is 3. The van der Waals surface area contributed by atoms with Crippen molar-refractivity contribution in [1.29, 1.82) is 0 Å². The van der Waals surface area contributed by atoms with Gasteiger partial charge < -0.3 is 38.7 Å². The number of rotatable bonds is 8. The number of amides is 1. The van der Waals surface area contributed by atoms with Crippen LogP contribution in [0.25, 0.3) is 0 Å². The molecule has 1 fully saturated rings. The molecule has 1 aliphatic carbocycles. The van der Waals surface area contributed by atoms with E-state index in [9.17, 15) is 14.7 Å². The maximum atomic E-state index is 13.3. The topological polar surface area (TPSA) is 117 Å². The van der Waals surface area contributed by atoms with E-state index in [1.54, 1.807) is 12.1 Å². The number of ether oxygens (including phenoxy) is 5. The molecule has 0 saturated carbocycles. The van der Waals surface area contributed by atoms with Crippen LogP contribution in [-0.2, 0) is 27.8 Å². The minimum absolute atomic E-state index is 0.0904. The number of phenolic OH excluding ortho intramolecular Hbond substituents is 1. The van der Waals surface area contributed by atoms with Crippen LogP contribution in [0.15, 0.2) is 42.6 Å². The van der Waals surface area contributed by atoms with Gasteiger partial charge in [0.15, 0.2) is 23.0 Å². The van der Waals surface area contributed by atoms with Crippen molar-refractivity contribution in [3.8, 4) is 28.7 Å². The highest BCUT2D eigenvalue weighted by atomic mass is 16.7. The van der Waals surface area contributed by atoms with Crippen molar-refractivity contribution in [2.24, 2.45) is 18.9 Å². The number of aryl methyl sites for hydroxylation is 1. The minimum atomic E-state index is -0.548. The molecule has 0 radical (unpaired) electrons. The van der Waals surface area contributed by atoms with Crippen molar-refractivity contribution in [3.05, 3.63) is 65.0 Å². The van der Waals surface area contributed by atoms with Crippen molar-refractivity contribution in [2.45, 2.75) is 24.7 Å². The van der Waals surface area contributed by atoms with E-state index in [4.69, 9.17) is 23.7 Å². The highest BCUT2D eigenvalue weighted by Gasteiger charge is 2.52. The number of nitrogens with zero attached hydrogens (tertiary/aromatic N) is 1. The van der Waals surface area contributed by atoms with Crippen LogP contribution < -0.4 is 24.3 Å². The summed E-state index contributed by atoms with van der Waals surface area (Å²) < 4.78 is 29.9. The van der Waals surface area contributed by atoms with Crippen LogP contribution in [0.2, 0.25) is 0 Å². The first kappa shape index (κ1) is 25.9. The van der Waals surface area contributed by atoms with Gasteiger partial charge in [-0.15, -0.1) is 0 Å². The third-order valence-corrected chi connectivity index (χ3v) is 8.36. The molecule has 210 valence electrons. The molecule has 3 aromatic rings. The number of esters is 1. The monoisotopic (exact) mass is 548 g/mol. The fraction of sp³-hybridized carbons (Fsp3) is 0.400. The van der Waals surface area contributed by atoms with Crippen LogP contribution in [0, 0.1) is 11.8 Å². The second kappa shape index (κ2) is 10.3. The molecular formula is C30H32N2O8. The molecule has 6 rings (SSSR count).